The molecule has 7 rings (SSSR count). The van der Waals surface area contributed by atoms with E-state index in [1.807, 2.05) is 6.08 Å². The monoisotopic (exact) mass is 634 g/mol. The lowest BCUT2D eigenvalue weighted by Crippen LogP contribution is -2.69. The fourth-order valence-corrected chi connectivity index (χ4v) is 9.66. The molecule has 2 heterocycles. The Morgan fingerprint density at radius 1 is 1.04 bits per heavy atom. The second-order valence-corrected chi connectivity index (χ2v) is 14.1. The van der Waals surface area contributed by atoms with E-state index in [4.69, 9.17) is 9.47 Å². The van der Waals surface area contributed by atoms with E-state index in [0.717, 1.165) is 95.2 Å². The maximum atomic E-state index is 14.3. The van der Waals surface area contributed by atoms with Crippen LogP contribution < -0.4 is 9.47 Å². The van der Waals surface area contributed by atoms with Gasteiger partial charge in [0.15, 0.2) is 11.5 Å². The number of benzene rings is 3. The summed E-state index contributed by atoms with van der Waals surface area (Å²) in [4.78, 5) is 19.1. The number of methoxy groups -OCH3 is 1. The maximum absolute atomic E-state index is 14.3. The lowest BCUT2D eigenvalue weighted by Gasteiger charge is -2.60. The van der Waals surface area contributed by atoms with Crippen molar-refractivity contribution in [3.05, 3.63) is 102 Å². The zero-order valence-electron chi connectivity index (χ0n) is 27.9. The zero-order valence-corrected chi connectivity index (χ0v) is 27.9. The normalized spacial score (nSPS) is 25.5. The van der Waals surface area contributed by atoms with Crippen molar-refractivity contribution in [3.8, 4) is 17.2 Å². The van der Waals surface area contributed by atoms with E-state index in [0.29, 0.717) is 29.9 Å². The van der Waals surface area contributed by atoms with Gasteiger partial charge in [-0.1, -0.05) is 73.2 Å². The number of nitrogens with zero attached hydrogens (tertiary/aromatic N) is 2. The van der Waals surface area contributed by atoms with E-state index in [9.17, 15) is 9.90 Å². The van der Waals surface area contributed by atoms with Gasteiger partial charge < -0.3 is 19.5 Å². The second-order valence-electron chi connectivity index (χ2n) is 14.1. The Balaban J connectivity index is 1.16. The molecule has 3 aromatic rings. The van der Waals surface area contributed by atoms with Crippen molar-refractivity contribution in [3.63, 3.8) is 0 Å². The molecule has 0 radical (unpaired) electrons. The fraction of sp³-hybridized carbons (Fsp3) is 0.488. The van der Waals surface area contributed by atoms with Crippen molar-refractivity contribution >= 4 is 5.91 Å². The third-order valence-electron chi connectivity index (χ3n) is 11.7. The van der Waals surface area contributed by atoms with Crippen molar-refractivity contribution in [1.29, 1.82) is 0 Å². The summed E-state index contributed by atoms with van der Waals surface area (Å²) in [7, 11) is 1.66. The summed E-state index contributed by atoms with van der Waals surface area (Å²) in [6.45, 7) is 6.58. The average Bonchev–Trinajstić information content (AvgIpc) is 3.44. The third-order valence-corrected chi connectivity index (χ3v) is 11.7. The predicted octanol–water partition coefficient (Wildman–Crippen LogP) is 7.26. The summed E-state index contributed by atoms with van der Waals surface area (Å²) in [6.07, 6.45) is 12.1. The van der Waals surface area contributed by atoms with E-state index >= 15 is 0 Å². The molecule has 6 nitrogen and oxygen atoms in total. The first-order valence-electron chi connectivity index (χ1n) is 17.9. The van der Waals surface area contributed by atoms with Crippen LogP contribution in [0.25, 0.3) is 0 Å². The molecule has 4 aliphatic rings. The molecule has 2 fully saturated rings. The largest absolute Gasteiger partial charge is 0.508 e. The Morgan fingerprint density at radius 2 is 1.77 bits per heavy atom. The van der Waals surface area contributed by atoms with Crippen LogP contribution in [0.3, 0.4) is 0 Å². The summed E-state index contributed by atoms with van der Waals surface area (Å²) in [5.41, 5.74) is 4.61. The number of hydrogen-bond acceptors (Lipinski definition) is 5. The van der Waals surface area contributed by atoms with Crippen LogP contribution in [0.5, 0.6) is 17.2 Å². The highest BCUT2D eigenvalue weighted by atomic mass is 16.5. The van der Waals surface area contributed by atoms with Crippen LogP contribution in [-0.2, 0) is 29.5 Å². The Morgan fingerprint density at radius 3 is 2.47 bits per heavy atom. The van der Waals surface area contributed by atoms with Crippen molar-refractivity contribution in [1.82, 2.24) is 9.80 Å². The second kappa shape index (κ2) is 13.8. The summed E-state index contributed by atoms with van der Waals surface area (Å²) >= 11 is 0. The standard InChI is InChI=1S/C41H50N2O4/c1-3-24-42-26-23-41-32-21-22-33(40(41)47-39-36(46-2)28-35(44)31(38(39)41)27-34(32)42)43(25-13-19-30-17-9-5-10-18-30)37(45)20-12-6-11-16-29-14-7-4-8-15-29/h3-5,7-10,14-15,17-18,28,32-34,40,44H,1,6,11-13,16,19-27H2,2H3/t32-,33-,34+,40-,41-/m0/s1. The molecule has 2 bridgehead atoms. The topological polar surface area (TPSA) is 62.2 Å². The quantitative estimate of drug-likeness (QED) is 0.149. The number of ether oxygens (including phenoxy) is 2. The number of rotatable bonds is 14. The molecule has 0 unspecified atom stereocenters. The van der Waals surface area contributed by atoms with Crippen LogP contribution in [0, 0.1) is 5.92 Å². The van der Waals surface area contributed by atoms with E-state index < -0.39 is 0 Å². The lowest BCUT2D eigenvalue weighted by molar-refractivity contribution is -0.142. The summed E-state index contributed by atoms with van der Waals surface area (Å²) in [5.74, 6) is 2.37. The van der Waals surface area contributed by atoms with Crippen molar-refractivity contribution < 1.29 is 19.4 Å². The van der Waals surface area contributed by atoms with Gasteiger partial charge in [0.25, 0.3) is 0 Å². The number of phenolic OH excluding ortho intramolecular Hbond substituents is 1. The number of hydrogen-bond donors (Lipinski definition) is 1. The molecule has 1 spiro atoms. The molecule has 1 saturated carbocycles. The number of piperidine rings is 1. The van der Waals surface area contributed by atoms with Crippen LogP contribution in [0.2, 0.25) is 0 Å². The number of carbonyl (C=O) groups excluding carboxylic acids is 1. The van der Waals surface area contributed by atoms with Gasteiger partial charge in [-0.25, -0.2) is 0 Å². The molecule has 1 amide bonds. The van der Waals surface area contributed by atoms with Crippen LogP contribution in [0.15, 0.2) is 79.4 Å². The van der Waals surface area contributed by atoms with Crippen LogP contribution in [-0.4, -0.2) is 65.7 Å². The van der Waals surface area contributed by atoms with Crippen LogP contribution in [0.4, 0.5) is 0 Å². The minimum absolute atomic E-state index is 0.0179. The molecule has 0 aromatic heterocycles. The van der Waals surface area contributed by atoms with Gasteiger partial charge in [-0.15, -0.1) is 6.58 Å². The first-order valence-corrected chi connectivity index (χ1v) is 17.9. The van der Waals surface area contributed by atoms with E-state index in [1.165, 1.54) is 16.7 Å². The molecule has 248 valence electrons. The molecule has 6 heteroatoms. The minimum Gasteiger partial charge on any atom is -0.508 e. The summed E-state index contributed by atoms with van der Waals surface area (Å²) in [6, 6.07) is 23.3. The van der Waals surface area contributed by atoms with E-state index in [-0.39, 0.29) is 23.5 Å². The Labute approximate surface area is 280 Å². The molecule has 2 aliphatic heterocycles. The highest BCUT2D eigenvalue weighted by Gasteiger charge is 2.67. The predicted molar refractivity (Wildman–Crippen MR) is 186 cm³/mol. The molecule has 3 aromatic carbocycles. The van der Waals surface area contributed by atoms with Gasteiger partial charge in [-0.05, 0) is 81.4 Å². The SMILES string of the molecule is C=CCN1CC[C@]23c4c5c(O)cc(OC)c4O[C@H]2[C@@H](N(CCCc2ccccc2)C(=O)CCCCCc2ccccc2)CC[C@H]3[C@H]1C5. The molecular weight excluding hydrogens is 584 g/mol. The van der Waals surface area contributed by atoms with E-state index in [1.54, 1.807) is 13.2 Å². The number of likely N-dealkylation sites (tertiary alicyclic amines) is 1. The number of carbonyl (C=O) groups is 1. The Bertz CT molecular complexity index is 1560. The highest BCUT2D eigenvalue weighted by molar-refractivity contribution is 5.77. The summed E-state index contributed by atoms with van der Waals surface area (Å²) in [5, 5.41) is 11.3. The molecule has 1 saturated heterocycles. The van der Waals surface area contributed by atoms with Gasteiger partial charge in [0.1, 0.15) is 11.9 Å². The molecule has 47 heavy (non-hydrogen) atoms. The molecule has 2 aliphatic carbocycles. The van der Waals surface area contributed by atoms with Gasteiger partial charge in [0.05, 0.1) is 13.2 Å². The van der Waals surface area contributed by atoms with Gasteiger partial charge in [-0.2, -0.15) is 0 Å². The van der Waals surface area contributed by atoms with Crippen LogP contribution in [0.1, 0.15) is 73.6 Å². The first kappa shape index (κ1) is 31.8. The summed E-state index contributed by atoms with van der Waals surface area (Å²) < 4.78 is 12.9. The van der Waals surface area contributed by atoms with Crippen molar-refractivity contribution in [2.75, 3.05) is 26.7 Å². The fourth-order valence-electron chi connectivity index (χ4n) is 9.66. The number of aryl methyl sites for hydroxylation is 2. The maximum Gasteiger partial charge on any atom is 0.222 e. The smallest absolute Gasteiger partial charge is 0.222 e. The number of unbranched alkanes of at least 4 members (excludes halogenated alkanes) is 2. The van der Waals surface area contributed by atoms with Crippen molar-refractivity contribution in [2.24, 2.45) is 5.92 Å². The Hall–Kier alpha value is -3.77. The molecule has 5 atom stereocenters. The number of phenols is 1. The van der Waals surface area contributed by atoms with Gasteiger partial charge in [0, 0.05) is 48.2 Å². The zero-order chi connectivity index (χ0) is 32.4. The molecular formula is C41H50N2O4. The number of amides is 1. The minimum atomic E-state index is -0.242. The van der Waals surface area contributed by atoms with Gasteiger partial charge >= 0.3 is 0 Å². The molecule has 1 N–H and O–H groups in total. The third kappa shape index (κ3) is 5.83. The number of aromatic hydroxyl groups is 1. The van der Waals surface area contributed by atoms with Gasteiger partial charge in [-0.3, -0.25) is 9.69 Å². The lowest BCUT2D eigenvalue weighted by atomic mass is 9.50. The van der Waals surface area contributed by atoms with Crippen molar-refractivity contribution in [2.45, 2.75) is 94.2 Å². The Kier molecular flexibility index (Phi) is 9.31. The first-order chi connectivity index (χ1) is 23.0. The highest BCUT2D eigenvalue weighted by Crippen LogP contribution is 2.65. The van der Waals surface area contributed by atoms with Gasteiger partial charge in [0.2, 0.25) is 5.91 Å². The van der Waals surface area contributed by atoms with E-state index in [2.05, 4.69) is 77.0 Å². The van der Waals surface area contributed by atoms with Crippen LogP contribution >= 0.6 is 0 Å². The average molecular weight is 635 g/mol.